The quantitative estimate of drug-likeness (QED) is 0.775. The van der Waals surface area contributed by atoms with E-state index in [1.807, 2.05) is 6.92 Å². The van der Waals surface area contributed by atoms with Crippen LogP contribution in [0.15, 0.2) is 22.7 Å². The van der Waals surface area contributed by atoms with Crippen LogP contribution < -0.4 is 10.1 Å². The highest BCUT2D eigenvalue weighted by atomic mass is 79.9. The summed E-state index contributed by atoms with van der Waals surface area (Å²) in [6.45, 7) is 6.08. The van der Waals surface area contributed by atoms with Crippen LogP contribution in [0.1, 0.15) is 26.7 Å². The van der Waals surface area contributed by atoms with E-state index in [9.17, 15) is 4.39 Å². The van der Waals surface area contributed by atoms with Crippen molar-refractivity contribution >= 4 is 15.9 Å². The molecule has 1 aromatic rings. The minimum atomic E-state index is -0.275. The van der Waals surface area contributed by atoms with Gasteiger partial charge in [0.25, 0.3) is 0 Å². The first-order chi connectivity index (χ1) is 8.13. The molecule has 2 nitrogen and oxygen atoms in total. The fourth-order valence-corrected chi connectivity index (χ4v) is 1.87. The number of benzene rings is 1. The minimum Gasteiger partial charge on any atom is -0.489 e. The molecule has 0 aliphatic carbocycles. The maximum absolute atomic E-state index is 13.0. The summed E-state index contributed by atoms with van der Waals surface area (Å²) in [7, 11) is 0. The Morgan fingerprint density at radius 1 is 1.47 bits per heavy atom. The van der Waals surface area contributed by atoms with Crippen LogP contribution in [-0.4, -0.2) is 19.2 Å². The molecule has 0 aliphatic rings. The Bertz CT molecular complexity index is 346. The lowest BCUT2D eigenvalue weighted by molar-refractivity contribution is 0.205. The van der Waals surface area contributed by atoms with Gasteiger partial charge in [-0.2, -0.15) is 0 Å². The van der Waals surface area contributed by atoms with Crippen molar-refractivity contribution in [3.63, 3.8) is 0 Å². The molecule has 1 unspecified atom stereocenters. The van der Waals surface area contributed by atoms with Gasteiger partial charge in [-0.15, -0.1) is 0 Å². The monoisotopic (exact) mass is 303 g/mol. The molecule has 17 heavy (non-hydrogen) atoms. The van der Waals surface area contributed by atoms with E-state index in [4.69, 9.17) is 4.74 Å². The molecule has 1 N–H and O–H groups in total. The predicted octanol–water partition coefficient (Wildman–Crippen LogP) is 3.75. The summed E-state index contributed by atoms with van der Waals surface area (Å²) in [5.74, 6) is 0.295. The second-order valence-electron chi connectivity index (χ2n) is 4.00. The number of halogens is 2. The zero-order valence-electron chi connectivity index (χ0n) is 10.3. The van der Waals surface area contributed by atoms with Gasteiger partial charge >= 0.3 is 0 Å². The van der Waals surface area contributed by atoms with Gasteiger partial charge in [0.15, 0.2) is 0 Å². The lowest BCUT2D eigenvalue weighted by atomic mass is 10.2. The highest BCUT2D eigenvalue weighted by Gasteiger charge is 2.08. The molecule has 0 saturated carbocycles. The van der Waals surface area contributed by atoms with Gasteiger partial charge in [-0.1, -0.05) is 6.92 Å². The van der Waals surface area contributed by atoms with Gasteiger partial charge in [-0.25, -0.2) is 4.39 Å². The smallest absolute Gasteiger partial charge is 0.136 e. The van der Waals surface area contributed by atoms with E-state index in [0.29, 0.717) is 5.75 Å². The molecule has 0 saturated heterocycles. The molecule has 1 atom stereocenters. The van der Waals surface area contributed by atoms with Gasteiger partial charge in [0.05, 0.1) is 10.6 Å². The van der Waals surface area contributed by atoms with Crippen LogP contribution in [0.5, 0.6) is 5.75 Å². The lowest BCUT2D eigenvalue weighted by Gasteiger charge is -2.15. The first kappa shape index (κ1) is 14.5. The first-order valence-electron chi connectivity index (χ1n) is 5.96. The van der Waals surface area contributed by atoms with Crippen LogP contribution in [0, 0.1) is 5.82 Å². The van der Waals surface area contributed by atoms with Crippen molar-refractivity contribution in [3.8, 4) is 5.75 Å². The summed E-state index contributed by atoms with van der Waals surface area (Å²) < 4.78 is 19.5. The third-order valence-electron chi connectivity index (χ3n) is 2.44. The Morgan fingerprint density at radius 2 is 2.24 bits per heavy atom. The molecule has 1 aromatic carbocycles. The Hall–Kier alpha value is -0.610. The van der Waals surface area contributed by atoms with Crippen molar-refractivity contribution in [2.75, 3.05) is 13.1 Å². The molecule has 0 heterocycles. The molecule has 0 aliphatic heterocycles. The minimum absolute atomic E-state index is 0.0896. The van der Waals surface area contributed by atoms with E-state index >= 15 is 0 Å². The lowest BCUT2D eigenvalue weighted by Crippen LogP contribution is -2.18. The Balaban J connectivity index is 2.39. The molecular formula is C13H19BrFNO. The molecule has 0 aromatic heterocycles. The zero-order chi connectivity index (χ0) is 12.7. The van der Waals surface area contributed by atoms with Gasteiger partial charge < -0.3 is 10.1 Å². The molecule has 1 rings (SSSR count). The van der Waals surface area contributed by atoms with E-state index in [-0.39, 0.29) is 11.9 Å². The average molecular weight is 304 g/mol. The Morgan fingerprint density at radius 3 is 2.94 bits per heavy atom. The van der Waals surface area contributed by atoms with E-state index < -0.39 is 0 Å². The van der Waals surface area contributed by atoms with Crippen molar-refractivity contribution < 1.29 is 9.13 Å². The van der Waals surface area contributed by atoms with Crippen LogP contribution >= 0.6 is 15.9 Å². The number of nitrogens with one attached hydrogen (secondary N) is 1. The van der Waals surface area contributed by atoms with Crippen LogP contribution in [0.3, 0.4) is 0 Å². The number of ether oxygens (including phenoxy) is 1. The zero-order valence-corrected chi connectivity index (χ0v) is 11.9. The fraction of sp³-hybridized carbons (Fsp3) is 0.538. The van der Waals surface area contributed by atoms with E-state index in [2.05, 4.69) is 28.2 Å². The molecule has 0 radical (unpaired) electrons. The Labute approximate surface area is 111 Å². The van der Waals surface area contributed by atoms with Crippen LogP contribution in [0.2, 0.25) is 0 Å². The van der Waals surface area contributed by atoms with Crippen LogP contribution in [-0.2, 0) is 0 Å². The van der Waals surface area contributed by atoms with Crippen molar-refractivity contribution in [2.45, 2.75) is 32.8 Å². The predicted molar refractivity (Wildman–Crippen MR) is 72.0 cm³/mol. The number of hydrogen-bond acceptors (Lipinski definition) is 2. The van der Waals surface area contributed by atoms with E-state index in [1.165, 1.54) is 12.1 Å². The van der Waals surface area contributed by atoms with Gasteiger partial charge in [0.2, 0.25) is 0 Å². The van der Waals surface area contributed by atoms with Gasteiger partial charge in [0.1, 0.15) is 11.6 Å². The molecule has 0 fully saturated rings. The summed E-state index contributed by atoms with van der Waals surface area (Å²) in [4.78, 5) is 0. The molecule has 0 bridgehead atoms. The summed E-state index contributed by atoms with van der Waals surface area (Å²) in [6.07, 6.45) is 2.10. The van der Waals surface area contributed by atoms with E-state index in [0.717, 1.165) is 30.4 Å². The molecular weight excluding hydrogens is 285 g/mol. The number of rotatable bonds is 7. The maximum Gasteiger partial charge on any atom is 0.136 e. The number of hydrogen-bond donors (Lipinski definition) is 1. The van der Waals surface area contributed by atoms with Crippen molar-refractivity contribution in [2.24, 2.45) is 0 Å². The van der Waals surface area contributed by atoms with Crippen molar-refractivity contribution in [3.05, 3.63) is 28.5 Å². The molecule has 0 amide bonds. The maximum atomic E-state index is 13.0. The SMILES string of the molecule is CCNCCCC(C)Oc1cc(F)ccc1Br. The topological polar surface area (TPSA) is 21.3 Å². The molecule has 0 spiro atoms. The second-order valence-corrected chi connectivity index (χ2v) is 4.85. The van der Waals surface area contributed by atoms with E-state index in [1.54, 1.807) is 6.07 Å². The molecule has 96 valence electrons. The standard InChI is InChI=1S/C13H19BrFNO/c1-3-16-8-4-5-10(2)17-13-9-11(15)6-7-12(13)14/h6-7,9-10,16H,3-5,8H2,1-2H3. The van der Waals surface area contributed by atoms with Crippen LogP contribution in [0.4, 0.5) is 4.39 Å². The van der Waals surface area contributed by atoms with Gasteiger partial charge in [-0.3, -0.25) is 0 Å². The van der Waals surface area contributed by atoms with Gasteiger partial charge in [-0.05, 0) is 60.9 Å². The average Bonchev–Trinajstić information content (AvgIpc) is 2.29. The normalized spacial score (nSPS) is 12.5. The summed E-state index contributed by atoms with van der Waals surface area (Å²) >= 11 is 3.35. The van der Waals surface area contributed by atoms with Crippen molar-refractivity contribution in [1.82, 2.24) is 5.32 Å². The largest absolute Gasteiger partial charge is 0.489 e. The highest BCUT2D eigenvalue weighted by molar-refractivity contribution is 9.10. The van der Waals surface area contributed by atoms with Gasteiger partial charge in [0, 0.05) is 6.07 Å². The third kappa shape index (κ3) is 5.50. The second kappa shape index (κ2) is 7.67. The molecule has 4 heteroatoms. The third-order valence-corrected chi connectivity index (χ3v) is 3.09. The van der Waals surface area contributed by atoms with Crippen LogP contribution in [0.25, 0.3) is 0 Å². The Kier molecular flexibility index (Phi) is 6.52. The van der Waals surface area contributed by atoms with Crippen molar-refractivity contribution in [1.29, 1.82) is 0 Å². The first-order valence-corrected chi connectivity index (χ1v) is 6.75. The summed E-state index contributed by atoms with van der Waals surface area (Å²) in [6, 6.07) is 4.48. The summed E-state index contributed by atoms with van der Waals surface area (Å²) in [5, 5.41) is 3.26. The summed E-state index contributed by atoms with van der Waals surface area (Å²) in [5.41, 5.74) is 0. The fourth-order valence-electron chi connectivity index (χ4n) is 1.53. The highest BCUT2D eigenvalue weighted by Crippen LogP contribution is 2.26.